The summed E-state index contributed by atoms with van der Waals surface area (Å²) in [5, 5.41) is 2.90. The lowest BCUT2D eigenvalue weighted by Gasteiger charge is -2.35. The molecule has 2 rings (SSSR count). The van der Waals surface area contributed by atoms with Crippen LogP contribution in [0.5, 0.6) is 0 Å². The van der Waals surface area contributed by atoms with Gasteiger partial charge in [-0.1, -0.05) is 0 Å². The first kappa shape index (κ1) is 8.05. The Kier molecular flexibility index (Phi) is 2.05. The summed E-state index contributed by atoms with van der Waals surface area (Å²) in [7, 11) is 2.21. The van der Waals surface area contributed by atoms with E-state index in [0.29, 0.717) is 6.04 Å². The minimum absolute atomic E-state index is 0.441. The van der Waals surface area contributed by atoms with Crippen LogP contribution >= 0.6 is 0 Å². The highest BCUT2D eigenvalue weighted by atomic mass is 16.1. The van der Waals surface area contributed by atoms with Crippen molar-refractivity contribution in [1.29, 1.82) is 0 Å². The zero-order chi connectivity index (χ0) is 8.55. The van der Waals surface area contributed by atoms with Gasteiger partial charge >= 0.3 is 0 Å². The number of rotatable bonds is 2. The van der Waals surface area contributed by atoms with Gasteiger partial charge in [-0.25, -0.2) is 0 Å². The van der Waals surface area contributed by atoms with E-state index in [2.05, 4.69) is 17.3 Å². The molecule has 12 heavy (non-hydrogen) atoms. The maximum Gasteiger partial charge on any atom is 0.207 e. The summed E-state index contributed by atoms with van der Waals surface area (Å²) in [4.78, 5) is 12.7. The topological polar surface area (TPSA) is 32.3 Å². The number of piperidine rings is 1. The molecule has 3 heteroatoms. The average Bonchev–Trinajstić information content (AvgIpc) is 2.33. The molecule has 2 heterocycles. The van der Waals surface area contributed by atoms with Crippen LogP contribution in [0.1, 0.15) is 25.7 Å². The zero-order valence-corrected chi connectivity index (χ0v) is 7.49. The summed E-state index contributed by atoms with van der Waals surface area (Å²) in [6, 6.07) is 1.89. The number of carbonyl (C=O) groups is 1. The molecule has 1 amide bonds. The molecule has 0 spiro atoms. The number of amides is 1. The molecule has 0 aromatic carbocycles. The van der Waals surface area contributed by atoms with Crippen LogP contribution in [-0.2, 0) is 4.79 Å². The van der Waals surface area contributed by atoms with Crippen molar-refractivity contribution in [2.75, 3.05) is 7.05 Å². The number of carbonyl (C=O) groups excluding carboxylic acids is 1. The molecule has 68 valence electrons. The maximum atomic E-state index is 10.3. The van der Waals surface area contributed by atoms with E-state index in [9.17, 15) is 4.79 Å². The fraction of sp³-hybridized carbons (Fsp3) is 0.889. The molecule has 2 aliphatic heterocycles. The second kappa shape index (κ2) is 3.05. The van der Waals surface area contributed by atoms with Crippen LogP contribution in [0.15, 0.2) is 0 Å². The molecule has 0 aromatic heterocycles. The molecule has 0 aliphatic carbocycles. The van der Waals surface area contributed by atoms with Crippen molar-refractivity contribution in [1.82, 2.24) is 10.2 Å². The largest absolute Gasteiger partial charge is 0.356 e. The summed E-state index contributed by atoms with van der Waals surface area (Å²) >= 11 is 0. The zero-order valence-electron chi connectivity index (χ0n) is 7.49. The second-order valence-electron chi connectivity index (χ2n) is 4.00. The first-order valence-corrected chi connectivity index (χ1v) is 4.73. The Morgan fingerprint density at radius 2 is 1.92 bits per heavy atom. The summed E-state index contributed by atoms with van der Waals surface area (Å²) in [5.41, 5.74) is 0. The van der Waals surface area contributed by atoms with E-state index in [1.165, 1.54) is 12.8 Å². The number of hydrogen-bond donors (Lipinski definition) is 1. The van der Waals surface area contributed by atoms with Crippen molar-refractivity contribution >= 4 is 6.41 Å². The van der Waals surface area contributed by atoms with E-state index in [1.54, 1.807) is 0 Å². The predicted molar refractivity (Wildman–Crippen MR) is 46.8 cm³/mol. The molecule has 2 aliphatic rings. The molecule has 0 aromatic rings. The Bertz CT molecular complexity index is 169. The van der Waals surface area contributed by atoms with Crippen LogP contribution in [0.3, 0.4) is 0 Å². The van der Waals surface area contributed by atoms with Crippen LogP contribution < -0.4 is 5.32 Å². The average molecular weight is 168 g/mol. The van der Waals surface area contributed by atoms with Crippen molar-refractivity contribution in [3.8, 4) is 0 Å². The van der Waals surface area contributed by atoms with E-state index in [4.69, 9.17) is 0 Å². The Morgan fingerprint density at radius 3 is 2.42 bits per heavy atom. The van der Waals surface area contributed by atoms with E-state index in [0.717, 1.165) is 31.3 Å². The fourth-order valence-corrected chi connectivity index (χ4v) is 2.64. The van der Waals surface area contributed by atoms with Gasteiger partial charge in [0.05, 0.1) is 0 Å². The van der Waals surface area contributed by atoms with Gasteiger partial charge in [-0.3, -0.25) is 4.79 Å². The van der Waals surface area contributed by atoms with E-state index in [-0.39, 0.29) is 0 Å². The number of hydrogen-bond acceptors (Lipinski definition) is 2. The highest BCUT2D eigenvalue weighted by Crippen LogP contribution is 2.33. The van der Waals surface area contributed by atoms with Crippen LogP contribution in [-0.4, -0.2) is 36.5 Å². The molecule has 2 saturated heterocycles. The summed E-state index contributed by atoms with van der Waals surface area (Å²) in [5.74, 6) is 0. The molecule has 0 radical (unpaired) electrons. The fourth-order valence-electron chi connectivity index (χ4n) is 2.64. The van der Waals surface area contributed by atoms with Crippen LogP contribution in [0.25, 0.3) is 0 Å². The van der Waals surface area contributed by atoms with Gasteiger partial charge in [0, 0.05) is 18.1 Å². The minimum Gasteiger partial charge on any atom is -0.356 e. The standard InChI is InChI=1S/C9H16N2O/c1-11-8-2-3-9(11)5-7(4-8)10-6-12/h6-9H,2-5H2,1H3,(H,10,12). The van der Waals surface area contributed by atoms with Crippen LogP contribution in [0.2, 0.25) is 0 Å². The number of nitrogens with one attached hydrogen (secondary N) is 1. The summed E-state index contributed by atoms with van der Waals surface area (Å²) < 4.78 is 0. The van der Waals surface area contributed by atoms with Crippen molar-refractivity contribution in [2.45, 2.75) is 43.8 Å². The lowest BCUT2D eigenvalue weighted by Crippen LogP contribution is -2.46. The Morgan fingerprint density at radius 1 is 1.33 bits per heavy atom. The molecule has 0 saturated carbocycles. The van der Waals surface area contributed by atoms with Crippen molar-refractivity contribution in [3.05, 3.63) is 0 Å². The smallest absolute Gasteiger partial charge is 0.207 e. The maximum absolute atomic E-state index is 10.3. The minimum atomic E-state index is 0.441. The monoisotopic (exact) mass is 168 g/mol. The van der Waals surface area contributed by atoms with Crippen molar-refractivity contribution in [3.63, 3.8) is 0 Å². The van der Waals surface area contributed by atoms with E-state index >= 15 is 0 Å². The number of nitrogens with zero attached hydrogens (tertiary/aromatic N) is 1. The second-order valence-corrected chi connectivity index (χ2v) is 4.00. The van der Waals surface area contributed by atoms with Crippen LogP contribution in [0, 0.1) is 0 Å². The molecular formula is C9H16N2O. The SMILES string of the molecule is CN1C2CCC1CC(NC=O)C2. The summed E-state index contributed by atoms with van der Waals surface area (Å²) in [6.45, 7) is 0. The third-order valence-electron chi connectivity index (χ3n) is 3.40. The quantitative estimate of drug-likeness (QED) is 0.604. The lowest BCUT2D eigenvalue weighted by atomic mass is 9.98. The first-order valence-electron chi connectivity index (χ1n) is 4.73. The highest BCUT2D eigenvalue weighted by molar-refractivity contribution is 5.46. The van der Waals surface area contributed by atoms with Gasteiger partial charge in [-0.05, 0) is 32.7 Å². The van der Waals surface area contributed by atoms with Crippen molar-refractivity contribution in [2.24, 2.45) is 0 Å². The molecule has 2 unspecified atom stereocenters. The third-order valence-corrected chi connectivity index (χ3v) is 3.40. The van der Waals surface area contributed by atoms with Gasteiger partial charge in [0.25, 0.3) is 0 Å². The Labute approximate surface area is 73.1 Å². The Hall–Kier alpha value is -0.570. The first-order chi connectivity index (χ1) is 5.81. The van der Waals surface area contributed by atoms with Gasteiger partial charge in [-0.2, -0.15) is 0 Å². The van der Waals surface area contributed by atoms with E-state index < -0.39 is 0 Å². The molecule has 1 N–H and O–H groups in total. The highest BCUT2D eigenvalue weighted by Gasteiger charge is 2.37. The van der Waals surface area contributed by atoms with Gasteiger partial charge in [0.1, 0.15) is 0 Å². The molecular weight excluding hydrogens is 152 g/mol. The van der Waals surface area contributed by atoms with Gasteiger partial charge in [-0.15, -0.1) is 0 Å². The summed E-state index contributed by atoms with van der Waals surface area (Å²) in [6.07, 6.45) is 5.77. The van der Waals surface area contributed by atoms with Gasteiger partial charge in [0.2, 0.25) is 6.41 Å². The van der Waals surface area contributed by atoms with Crippen molar-refractivity contribution < 1.29 is 4.79 Å². The molecule has 2 bridgehead atoms. The third kappa shape index (κ3) is 1.22. The van der Waals surface area contributed by atoms with E-state index in [1.807, 2.05) is 0 Å². The number of fused-ring (bicyclic) bond motifs is 2. The normalized spacial score (nSPS) is 41.2. The lowest BCUT2D eigenvalue weighted by molar-refractivity contribution is -0.110. The van der Waals surface area contributed by atoms with Crippen LogP contribution in [0.4, 0.5) is 0 Å². The van der Waals surface area contributed by atoms with Gasteiger partial charge in [0.15, 0.2) is 0 Å². The van der Waals surface area contributed by atoms with Gasteiger partial charge < -0.3 is 10.2 Å². The predicted octanol–water partition coefficient (Wildman–Crippen LogP) is 0.358. The Balaban J connectivity index is 1.97. The molecule has 2 fully saturated rings. The molecule has 2 atom stereocenters. The molecule has 3 nitrogen and oxygen atoms in total.